The molecule has 2 aromatic rings. The molecule has 1 fully saturated rings. The molecule has 1 atom stereocenters. The summed E-state index contributed by atoms with van der Waals surface area (Å²) in [6.45, 7) is 3.23. The van der Waals surface area contributed by atoms with E-state index in [1.54, 1.807) is 19.9 Å². The van der Waals surface area contributed by atoms with E-state index in [2.05, 4.69) is 25.2 Å². The quantitative estimate of drug-likeness (QED) is 0.694. The summed E-state index contributed by atoms with van der Waals surface area (Å²) in [6.07, 6.45) is 2.02. The minimum atomic E-state index is -3.79. The largest absolute Gasteiger partial charge is 0.380 e. The highest BCUT2D eigenvalue weighted by molar-refractivity contribution is 7.92. The van der Waals surface area contributed by atoms with Gasteiger partial charge in [0, 0.05) is 6.04 Å². The molecule has 3 rings (SSSR count). The summed E-state index contributed by atoms with van der Waals surface area (Å²) in [6, 6.07) is 3.03. The van der Waals surface area contributed by atoms with Gasteiger partial charge in [-0.2, -0.15) is 5.10 Å². The molecule has 1 aliphatic rings. The second-order valence-corrected chi connectivity index (χ2v) is 9.89. The topological polar surface area (TPSA) is 134 Å². The van der Waals surface area contributed by atoms with Crippen LogP contribution in [0, 0.1) is 13.8 Å². The van der Waals surface area contributed by atoms with Crippen LogP contribution >= 0.6 is 0 Å². The number of aromatic amines is 1. The Bertz CT molecular complexity index is 961. The monoisotopic (exact) mass is 385 g/mol. The van der Waals surface area contributed by atoms with Gasteiger partial charge in [0.1, 0.15) is 10.7 Å². The Balaban J connectivity index is 1.71. The first kappa shape index (κ1) is 17.7. The van der Waals surface area contributed by atoms with Crippen LogP contribution in [0.1, 0.15) is 17.8 Å². The van der Waals surface area contributed by atoms with E-state index in [0.29, 0.717) is 23.5 Å². The van der Waals surface area contributed by atoms with Crippen LogP contribution in [0.4, 0.5) is 11.5 Å². The van der Waals surface area contributed by atoms with E-state index in [1.807, 2.05) is 0 Å². The van der Waals surface area contributed by atoms with E-state index >= 15 is 0 Å². The van der Waals surface area contributed by atoms with Gasteiger partial charge in [0.25, 0.3) is 10.0 Å². The number of hydrogen-bond donors (Lipinski definition) is 3. The predicted molar refractivity (Wildman–Crippen MR) is 93.8 cm³/mol. The van der Waals surface area contributed by atoms with Crippen molar-refractivity contribution in [1.82, 2.24) is 15.2 Å². The van der Waals surface area contributed by atoms with Gasteiger partial charge in [-0.15, -0.1) is 0 Å². The van der Waals surface area contributed by atoms with Gasteiger partial charge >= 0.3 is 0 Å². The summed E-state index contributed by atoms with van der Waals surface area (Å²) in [7, 11) is -6.75. The molecular weight excluding hydrogens is 366 g/mol. The van der Waals surface area contributed by atoms with E-state index in [9.17, 15) is 16.8 Å². The number of pyridine rings is 1. The Morgan fingerprint density at radius 2 is 2.04 bits per heavy atom. The van der Waals surface area contributed by atoms with E-state index in [0.717, 1.165) is 0 Å². The fourth-order valence-electron chi connectivity index (χ4n) is 2.81. The lowest BCUT2D eigenvalue weighted by Gasteiger charge is -2.13. The maximum Gasteiger partial charge on any atom is 0.266 e. The molecule has 9 nitrogen and oxygen atoms in total. The van der Waals surface area contributed by atoms with Crippen LogP contribution in [0.2, 0.25) is 0 Å². The van der Waals surface area contributed by atoms with Crippen LogP contribution in [-0.2, 0) is 19.9 Å². The van der Waals surface area contributed by atoms with Gasteiger partial charge < -0.3 is 5.32 Å². The smallest absolute Gasteiger partial charge is 0.266 e. The minimum absolute atomic E-state index is 0.0976. The molecule has 1 saturated heterocycles. The maximum atomic E-state index is 12.4. The number of nitrogens with zero attached hydrogens (tertiary/aromatic N) is 2. The minimum Gasteiger partial charge on any atom is -0.380 e. The third-order valence-electron chi connectivity index (χ3n) is 3.93. The molecule has 0 bridgehead atoms. The zero-order valence-electron chi connectivity index (χ0n) is 13.8. The number of rotatable bonds is 5. The van der Waals surface area contributed by atoms with Crippen LogP contribution < -0.4 is 10.0 Å². The molecule has 1 aliphatic heterocycles. The van der Waals surface area contributed by atoms with E-state index < -0.39 is 19.9 Å². The average molecular weight is 385 g/mol. The molecule has 136 valence electrons. The summed E-state index contributed by atoms with van der Waals surface area (Å²) in [5.74, 6) is 0.449. The van der Waals surface area contributed by atoms with E-state index in [1.165, 1.54) is 12.3 Å². The number of sulfone groups is 1. The van der Waals surface area contributed by atoms with E-state index in [-0.39, 0.29) is 28.3 Å². The molecule has 25 heavy (non-hydrogen) atoms. The lowest BCUT2D eigenvalue weighted by molar-refractivity contribution is 0.598. The highest BCUT2D eigenvalue weighted by atomic mass is 32.2. The highest BCUT2D eigenvalue weighted by Crippen LogP contribution is 2.21. The zero-order valence-corrected chi connectivity index (χ0v) is 15.4. The molecule has 3 heterocycles. The molecule has 0 radical (unpaired) electrons. The van der Waals surface area contributed by atoms with Crippen molar-refractivity contribution in [3.63, 3.8) is 0 Å². The fraction of sp³-hybridized carbons (Fsp3) is 0.429. The Morgan fingerprint density at radius 3 is 2.56 bits per heavy atom. The first-order chi connectivity index (χ1) is 11.7. The Hall–Kier alpha value is -2.14. The molecule has 0 aliphatic carbocycles. The highest BCUT2D eigenvalue weighted by Gasteiger charge is 2.27. The van der Waals surface area contributed by atoms with Crippen molar-refractivity contribution >= 4 is 31.4 Å². The van der Waals surface area contributed by atoms with Crippen molar-refractivity contribution in [2.75, 3.05) is 21.5 Å². The summed E-state index contributed by atoms with van der Waals surface area (Å²) >= 11 is 0. The van der Waals surface area contributed by atoms with Crippen molar-refractivity contribution in [2.24, 2.45) is 0 Å². The van der Waals surface area contributed by atoms with Crippen molar-refractivity contribution < 1.29 is 16.8 Å². The van der Waals surface area contributed by atoms with Crippen molar-refractivity contribution in [1.29, 1.82) is 0 Å². The Morgan fingerprint density at radius 1 is 1.28 bits per heavy atom. The molecule has 11 heteroatoms. The third kappa shape index (κ3) is 3.93. The van der Waals surface area contributed by atoms with Crippen LogP contribution in [0.15, 0.2) is 23.2 Å². The number of aryl methyl sites for hydroxylation is 2. The maximum absolute atomic E-state index is 12.4. The van der Waals surface area contributed by atoms with Crippen LogP contribution in [0.5, 0.6) is 0 Å². The predicted octanol–water partition coefficient (Wildman–Crippen LogP) is 0.821. The van der Waals surface area contributed by atoms with Crippen LogP contribution in [-0.4, -0.2) is 49.6 Å². The van der Waals surface area contributed by atoms with Gasteiger partial charge in [-0.25, -0.2) is 21.8 Å². The molecule has 1 unspecified atom stereocenters. The first-order valence-corrected chi connectivity index (χ1v) is 10.9. The van der Waals surface area contributed by atoms with E-state index in [4.69, 9.17) is 0 Å². The number of H-pyrrole nitrogens is 1. The number of sulfonamides is 1. The molecule has 0 saturated carbocycles. The molecule has 2 aromatic heterocycles. The van der Waals surface area contributed by atoms with Crippen molar-refractivity contribution in [2.45, 2.75) is 31.2 Å². The van der Waals surface area contributed by atoms with Crippen molar-refractivity contribution in [3.8, 4) is 0 Å². The number of hydrogen-bond acceptors (Lipinski definition) is 7. The number of nitrogens with one attached hydrogen (secondary N) is 3. The summed E-state index contributed by atoms with van der Waals surface area (Å²) in [4.78, 5) is 4.18. The first-order valence-electron chi connectivity index (χ1n) is 7.64. The summed E-state index contributed by atoms with van der Waals surface area (Å²) in [5, 5.41) is 9.62. The van der Waals surface area contributed by atoms with Gasteiger partial charge in [-0.3, -0.25) is 9.82 Å². The molecule has 3 N–H and O–H groups in total. The molecular formula is C14H19N5O4S2. The second-order valence-electron chi connectivity index (χ2n) is 6.05. The molecule has 0 amide bonds. The number of anilines is 2. The molecule has 0 spiro atoms. The fourth-order valence-corrected chi connectivity index (χ4v) is 5.86. The Labute approximate surface area is 146 Å². The Kier molecular flexibility index (Phi) is 4.45. The number of aromatic nitrogens is 3. The van der Waals surface area contributed by atoms with Gasteiger partial charge in [0.05, 0.1) is 34.8 Å². The van der Waals surface area contributed by atoms with Gasteiger partial charge in [0.2, 0.25) is 0 Å². The standard InChI is InChI=1S/C14H19N5O4S2/c1-9-14(10(2)18-17-9)25(22,23)19-13-4-3-11(7-15-13)16-12-5-6-24(20,21)8-12/h3-4,7,12,16H,5-6,8H2,1-2H3,(H,15,19)(H,17,18). The summed E-state index contributed by atoms with van der Waals surface area (Å²) in [5.41, 5.74) is 1.47. The summed E-state index contributed by atoms with van der Waals surface area (Å²) < 4.78 is 50.2. The zero-order chi connectivity index (χ0) is 18.2. The normalized spacial score (nSPS) is 19.7. The second kappa shape index (κ2) is 6.30. The van der Waals surface area contributed by atoms with Gasteiger partial charge in [0.15, 0.2) is 9.84 Å². The molecule has 0 aromatic carbocycles. The van der Waals surface area contributed by atoms with Gasteiger partial charge in [-0.05, 0) is 32.4 Å². The SMILES string of the molecule is Cc1n[nH]c(C)c1S(=O)(=O)Nc1ccc(NC2CCS(=O)(=O)C2)cn1. The lowest BCUT2D eigenvalue weighted by atomic mass is 10.2. The van der Waals surface area contributed by atoms with Crippen LogP contribution in [0.3, 0.4) is 0 Å². The van der Waals surface area contributed by atoms with Crippen molar-refractivity contribution in [3.05, 3.63) is 29.7 Å². The lowest BCUT2D eigenvalue weighted by Crippen LogP contribution is -2.20. The average Bonchev–Trinajstić information content (AvgIpc) is 3.03. The third-order valence-corrected chi connectivity index (χ3v) is 7.32. The van der Waals surface area contributed by atoms with Crippen LogP contribution in [0.25, 0.3) is 0 Å². The van der Waals surface area contributed by atoms with Gasteiger partial charge in [-0.1, -0.05) is 0 Å².